The van der Waals surface area contributed by atoms with Gasteiger partial charge in [0.2, 0.25) is 17.7 Å². The molecule has 0 aliphatic carbocycles. The van der Waals surface area contributed by atoms with Crippen molar-refractivity contribution in [1.29, 1.82) is 0 Å². The van der Waals surface area contributed by atoms with Crippen molar-refractivity contribution in [3.8, 4) is 0 Å². The topological polar surface area (TPSA) is 281 Å². The van der Waals surface area contributed by atoms with Crippen molar-refractivity contribution in [1.82, 2.24) is 25.9 Å². The molecular formula is C25H35N9O7. The Morgan fingerprint density at radius 2 is 1.54 bits per heavy atom. The van der Waals surface area contributed by atoms with Crippen molar-refractivity contribution in [3.05, 3.63) is 54.1 Å². The number of aromatic amines is 1. The average Bonchev–Trinajstić information content (AvgIpc) is 3.42. The van der Waals surface area contributed by atoms with E-state index in [-0.39, 0.29) is 38.2 Å². The second kappa shape index (κ2) is 16.2. The van der Waals surface area contributed by atoms with Gasteiger partial charge in [0.1, 0.15) is 18.1 Å². The van der Waals surface area contributed by atoms with Gasteiger partial charge in [0.05, 0.1) is 18.8 Å². The lowest BCUT2D eigenvalue weighted by molar-refractivity contribution is -0.143. The molecule has 12 N–H and O–H groups in total. The molecule has 16 nitrogen and oxygen atoms in total. The van der Waals surface area contributed by atoms with Crippen LogP contribution in [0.4, 0.5) is 0 Å². The number of carbonyl (C=O) groups excluding carboxylic acids is 3. The number of nitrogens with one attached hydrogen (secondary N) is 4. The number of guanidine groups is 1. The normalized spacial score (nSPS) is 13.6. The van der Waals surface area contributed by atoms with Gasteiger partial charge in [-0.25, -0.2) is 9.78 Å². The molecule has 41 heavy (non-hydrogen) atoms. The summed E-state index contributed by atoms with van der Waals surface area (Å²) in [7, 11) is 0. The average molecular weight is 574 g/mol. The smallest absolute Gasteiger partial charge is 0.326 e. The van der Waals surface area contributed by atoms with E-state index in [4.69, 9.17) is 17.2 Å². The molecule has 1 aromatic carbocycles. The van der Waals surface area contributed by atoms with Crippen LogP contribution in [0.5, 0.6) is 0 Å². The van der Waals surface area contributed by atoms with E-state index in [0.717, 1.165) is 5.56 Å². The number of carbonyl (C=O) groups is 5. The fourth-order valence-electron chi connectivity index (χ4n) is 3.76. The van der Waals surface area contributed by atoms with Crippen LogP contribution in [0.15, 0.2) is 47.8 Å². The molecule has 4 unspecified atom stereocenters. The maximum absolute atomic E-state index is 13.2. The zero-order chi connectivity index (χ0) is 30.4. The molecule has 2 aromatic rings. The summed E-state index contributed by atoms with van der Waals surface area (Å²) >= 11 is 0. The van der Waals surface area contributed by atoms with Gasteiger partial charge in [0.25, 0.3) is 0 Å². The van der Waals surface area contributed by atoms with Gasteiger partial charge in [-0.1, -0.05) is 30.3 Å². The summed E-state index contributed by atoms with van der Waals surface area (Å²) in [5.74, 6) is -5.55. The van der Waals surface area contributed by atoms with Gasteiger partial charge in [-0.3, -0.25) is 24.2 Å². The van der Waals surface area contributed by atoms with E-state index >= 15 is 0 Å². The predicted octanol–water partition coefficient (Wildman–Crippen LogP) is -2.41. The lowest BCUT2D eigenvalue weighted by atomic mass is 10.0. The molecule has 0 aliphatic heterocycles. The highest BCUT2D eigenvalue weighted by atomic mass is 16.4. The number of benzene rings is 1. The first-order chi connectivity index (χ1) is 19.5. The second-order valence-electron chi connectivity index (χ2n) is 9.15. The van der Waals surface area contributed by atoms with E-state index in [0.29, 0.717) is 5.69 Å². The fourth-order valence-corrected chi connectivity index (χ4v) is 3.76. The third kappa shape index (κ3) is 11.7. The number of nitrogens with two attached hydrogens (primary N) is 3. The monoisotopic (exact) mass is 573 g/mol. The number of rotatable bonds is 17. The maximum Gasteiger partial charge on any atom is 0.326 e. The number of hydrogen-bond acceptors (Lipinski definition) is 8. The summed E-state index contributed by atoms with van der Waals surface area (Å²) in [6, 6.07) is 3.63. The summed E-state index contributed by atoms with van der Waals surface area (Å²) < 4.78 is 0. The van der Waals surface area contributed by atoms with Crippen LogP contribution >= 0.6 is 0 Å². The number of carboxylic acid groups (broad SMARTS) is 2. The minimum Gasteiger partial charge on any atom is -0.481 e. The zero-order valence-electron chi connectivity index (χ0n) is 22.2. The Kier molecular flexibility index (Phi) is 12.7. The van der Waals surface area contributed by atoms with Crippen LogP contribution in [-0.2, 0) is 36.8 Å². The molecule has 0 saturated heterocycles. The summed E-state index contributed by atoms with van der Waals surface area (Å²) in [5.41, 5.74) is 17.9. The minimum atomic E-state index is -1.65. The summed E-state index contributed by atoms with van der Waals surface area (Å²) in [4.78, 5) is 72.5. The van der Waals surface area contributed by atoms with Crippen LogP contribution in [0.25, 0.3) is 0 Å². The Labute approximate surface area is 235 Å². The molecular weight excluding hydrogens is 538 g/mol. The van der Waals surface area contributed by atoms with Gasteiger partial charge in [-0.15, -0.1) is 0 Å². The van der Waals surface area contributed by atoms with Crippen molar-refractivity contribution in [2.24, 2.45) is 22.2 Å². The van der Waals surface area contributed by atoms with E-state index in [1.54, 1.807) is 24.3 Å². The van der Waals surface area contributed by atoms with Gasteiger partial charge in [-0.2, -0.15) is 0 Å². The first-order valence-corrected chi connectivity index (χ1v) is 12.6. The van der Waals surface area contributed by atoms with E-state index in [1.807, 2.05) is 6.07 Å². The van der Waals surface area contributed by atoms with Gasteiger partial charge < -0.3 is 48.3 Å². The Balaban J connectivity index is 2.15. The van der Waals surface area contributed by atoms with Gasteiger partial charge in [0.15, 0.2) is 5.96 Å². The quantitative estimate of drug-likeness (QED) is 0.0545. The number of amides is 3. The van der Waals surface area contributed by atoms with Crippen LogP contribution < -0.4 is 33.2 Å². The summed E-state index contributed by atoms with van der Waals surface area (Å²) in [6.45, 7) is 0.130. The second-order valence-corrected chi connectivity index (χ2v) is 9.15. The van der Waals surface area contributed by atoms with E-state index < -0.39 is 60.2 Å². The lowest BCUT2D eigenvalue weighted by Gasteiger charge is -2.24. The van der Waals surface area contributed by atoms with E-state index in [1.165, 1.54) is 12.5 Å². The minimum absolute atomic E-state index is 0.0192. The Bertz CT molecular complexity index is 1200. The fraction of sp³-hybridized carbons (Fsp3) is 0.400. The lowest BCUT2D eigenvalue weighted by Crippen LogP contribution is -2.57. The number of H-pyrrole nitrogens is 1. The van der Waals surface area contributed by atoms with E-state index in [9.17, 15) is 34.2 Å². The number of nitrogens with zero attached hydrogens (tertiary/aromatic N) is 2. The number of aromatic nitrogens is 2. The van der Waals surface area contributed by atoms with E-state index in [2.05, 4.69) is 30.9 Å². The Morgan fingerprint density at radius 3 is 2.12 bits per heavy atom. The van der Waals surface area contributed by atoms with Gasteiger partial charge in [0, 0.05) is 24.9 Å². The number of aliphatic imine (C=N–C) groups is 1. The molecule has 0 aliphatic rings. The Hall–Kier alpha value is -4.99. The molecule has 16 heteroatoms. The number of carboxylic acids is 2. The standard InChI is InChI=1S/C25H35N9O7/c26-16(9-14-5-2-1-3-6-14)21(37)32-17(7-4-8-30-25(27)28)22(38)33-18(11-20(35)36)23(39)34-19(24(40)41)10-15-12-29-13-31-15/h1-3,5-6,12-13,16-19H,4,7-11,26H2,(H,29,31)(H,32,37)(H,33,38)(H,34,39)(H,35,36)(H,40,41)(H4,27,28,30). The molecule has 2 rings (SSSR count). The summed E-state index contributed by atoms with van der Waals surface area (Å²) in [5, 5.41) is 26.0. The van der Waals surface area contributed by atoms with Crippen LogP contribution in [0, 0.1) is 0 Å². The first-order valence-electron chi connectivity index (χ1n) is 12.6. The molecule has 0 spiro atoms. The summed E-state index contributed by atoms with van der Waals surface area (Å²) in [6.07, 6.45) is 2.13. The molecule has 1 heterocycles. The van der Waals surface area contributed by atoms with Crippen LogP contribution in [0.1, 0.15) is 30.5 Å². The number of aliphatic carboxylic acids is 2. The molecule has 3 amide bonds. The van der Waals surface area contributed by atoms with Crippen LogP contribution in [0.3, 0.4) is 0 Å². The van der Waals surface area contributed by atoms with Crippen molar-refractivity contribution in [2.45, 2.75) is 56.3 Å². The SMILES string of the molecule is NC(N)=NCCCC(NC(=O)C(N)Cc1ccccc1)C(=O)NC(CC(=O)O)C(=O)NC(Cc1cnc[nH]1)C(=O)O. The highest BCUT2D eigenvalue weighted by molar-refractivity contribution is 5.95. The molecule has 1 aromatic heterocycles. The predicted molar refractivity (Wildman–Crippen MR) is 146 cm³/mol. The molecule has 0 bridgehead atoms. The molecule has 4 atom stereocenters. The highest BCUT2D eigenvalue weighted by Crippen LogP contribution is 2.06. The van der Waals surface area contributed by atoms with Crippen molar-refractivity contribution >= 4 is 35.6 Å². The van der Waals surface area contributed by atoms with Crippen molar-refractivity contribution in [2.75, 3.05) is 6.54 Å². The molecule has 0 saturated carbocycles. The molecule has 0 radical (unpaired) electrons. The van der Waals surface area contributed by atoms with Crippen molar-refractivity contribution in [3.63, 3.8) is 0 Å². The van der Waals surface area contributed by atoms with Gasteiger partial charge in [-0.05, 0) is 24.8 Å². The first kappa shape index (κ1) is 32.2. The zero-order valence-corrected chi connectivity index (χ0v) is 22.2. The van der Waals surface area contributed by atoms with Crippen molar-refractivity contribution < 1.29 is 34.2 Å². The number of imidazole rings is 1. The van der Waals surface area contributed by atoms with Crippen LogP contribution in [0.2, 0.25) is 0 Å². The molecule has 0 fully saturated rings. The third-order valence-electron chi connectivity index (χ3n) is 5.82. The maximum atomic E-state index is 13.2. The highest BCUT2D eigenvalue weighted by Gasteiger charge is 2.31. The molecule has 222 valence electrons. The van der Waals surface area contributed by atoms with Crippen LogP contribution in [-0.4, -0.2) is 86.5 Å². The number of hydrogen-bond donors (Lipinski definition) is 9. The van der Waals surface area contributed by atoms with Gasteiger partial charge >= 0.3 is 11.9 Å². The third-order valence-corrected chi connectivity index (χ3v) is 5.82. The Morgan fingerprint density at radius 1 is 0.902 bits per heavy atom. The largest absolute Gasteiger partial charge is 0.481 e.